The molecular formula is C22H28N4O2. The molecule has 1 amide bonds. The van der Waals surface area contributed by atoms with Gasteiger partial charge in [0.05, 0.1) is 13.2 Å². The molecular weight excluding hydrogens is 352 g/mol. The summed E-state index contributed by atoms with van der Waals surface area (Å²) < 4.78 is 5.44. The fraction of sp³-hybridized carbons (Fsp3) is 0.500. The predicted molar refractivity (Wildman–Crippen MR) is 108 cm³/mol. The number of amides is 1. The van der Waals surface area contributed by atoms with Gasteiger partial charge in [-0.3, -0.25) is 9.69 Å². The number of hydrogen-bond donors (Lipinski definition) is 0. The second-order valence-corrected chi connectivity index (χ2v) is 7.54. The second kappa shape index (κ2) is 9.26. The van der Waals surface area contributed by atoms with Crippen molar-refractivity contribution in [2.24, 2.45) is 0 Å². The molecule has 4 rings (SSSR count). The molecule has 1 atom stereocenters. The van der Waals surface area contributed by atoms with Crippen LogP contribution in [0.4, 0.5) is 0 Å². The van der Waals surface area contributed by atoms with E-state index in [2.05, 4.69) is 19.8 Å². The summed E-state index contributed by atoms with van der Waals surface area (Å²) in [5.41, 5.74) is 1.68. The summed E-state index contributed by atoms with van der Waals surface area (Å²) in [6, 6.07) is 9.82. The maximum absolute atomic E-state index is 13.2. The van der Waals surface area contributed by atoms with Crippen LogP contribution >= 0.6 is 0 Å². The Morgan fingerprint density at radius 1 is 1.04 bits per heavy atom. The van der Waals surface area contributed by atoms with Crippen molar-refractivity contribution in [2.45, 2.75) is 31.7 Å². The number of carbonyl (C=O) groups is 1. The summed E-state index contributed by atoms with van der Waals surface area (Å²) >= 11 is 0. The second-order valence-electron chi connectivity index (χ2n) is 7.54. The molecule has 2 saturated heterocycles. The highest BCUT2D eigenvalue weighted by Crippen LogP contribution is 2.23. The molecule has 2 aromatic rings. The van der Waals surface area contributed by atoms with E-state index >= 15 is 0 Å². The number of nitrogens with zero attached hydrogens (tertiary/aromatic N) is 4. The van der Waals surface area contributed by atoms with Crippen LogP contribution in [0.15, 0.2) is 42.7 Å². The number of ether oxygens (including phenoxy) is 1. The van der Waals surface area contributed by atoms with Crippen LogP contribution in [0.25, 0.3) is 11.4 Å². The number of likely N-dealkylation sites (tertiary alicyclic amines) is 1. The van der Waals surface area contributed by atoms with Crippen molar-refractivity contribution in [1.82, 2.24) is 19.8 Å². The first-order valence-electron chi connectivity index (χ1n) is 10.3. The molecule has 0 N–H and O–H groups in total. The number of rotatable bonds is 5. The zero-order valence-corrected chi connectivity index (χ0v) is 16.3. The lowest BCUT2D eigenvalue weighted by Gasteiger charge is -2.37. The molecule has 148 valence electrons. The largest absolute Gasteiger partial charge is 0.379 e. The number of aromatic nitrogens is 2. The molecule has 28 heavy (non-hydrogen) atoms. The molecule has 2 aliphatic heterocycles. The summed E-state index contributed by atoms with van der Waals surface area (Å²) in [5, 5.41) is 0. The summed E-state index contributed by atoms with van der Waals surface area (Å²) in [5.74, 6) is 0.829. The Morgan fingerprint density at radius 2 is 1.79 bits per heavy atom. The molecule has 0 saturated carbocycles. The van der Waals surface area contributed by atoms with Gasteiger partial charge in [0.1, 0.15) is 0 Å². The average Bonchev–Trinajstić information content (AvgIpc) is 2.79. The van der Waals surface area contributed by atoms with Crippen molar-refractivity contribution in [3.05, 3.63) is 48.3 Å². The minimum absolute atomic E-state index is 0.146. The fourth-order valence-corrected chi connectivity index (χ4v) is 4.10. The molecule has 2 aliphatic rings. The Bertz CT molecular complexity index is 760. The van der Waals surface area contributed by atoms with E-state index in [0.717, 1.165) is 69.8 Å². The van der Waals surface area contributed by atoms with Gasteiger partial charge in [0, 0.05) is 55.7 Å². The molecule has 3 heterocycles. The molecule has 0 aliphatic carbocycles. The Balaban J connectivity index is 1.41. The maximum atomic E-state index is 13.2. The van der Waals surface area contributed by atoms with Crippen LogP contribution in [0.3, 0.4) is 0 Å². The number of piperidine rings is 1. The fourth-order valence-electron chi connectivity index (χ4n) is 4.10. The highest BCUT2D eigenvalue weighted by Gasteiger charge is 2.28. The number of carbonyl (C=O) groups excluding carboxylic acids is 1. The SMILES string of the molecule is O=C(c1ccc(-c2ncccn2)cc1)N1CCCC[C@H]1CCN1CCOCC1. The van der Waals surface area contributed by atoms with Crippen LogP contribution in [-0.4, -0.2) is 71.1 Å². The van der Waals surface area contributed by atoms with Gasteiger partial charge in [0.25, 0.3) is 5.91 Å². The summed E-state index contributed by atoms with van der Waals surface area (Å²) in [4.78, 5) is 26.3. The third-order valence-electron chi connectivity index (χ3n) is 5.73. The van der Waals surface area contributed by atoms with E-state index in [-0.39, 0.29) is 5.91 Å². The van der Waals surface area contributed by atoms with Crippen molar-refractivity contribution in [3.63, 3.8) is 0 Å². The first-order valence-corrected chi connectivity index (χ1v) is 10.3. The smallest absolute Gasteiger partial charge is 0.254 e. The normalized spacial score (nSPS) is 20.9. The number of hydrogen-bond acceptors (Lipinski definition) is 5. The van der Waals surface area contributed by atoms with Crippen molar-refractivity contribution < 1.29 is 9.53 Å². The topological polar surface area (TPSA) is 58.6 Å². The van der Waals surface area contributed by atoms with E-state index in [1.54, 1.807) is 18.5 Å². The summed E-state index contributed by atoms with van der Waals surface area (Å²) in [6.45, 7) is 5.56. The van der Waals surface area contributed by atoms with Gasteiger partial charge in [0.2, 0.25) is 0 Å². The van der Waals surface area contributed by atoms with Crippen LogP contribution < -0.4 is 0 Å². The molecule has 1 aromatic carbocycles. The first kappa shape index (κ1) is 19.0. The van der Waals surface area contributed by atoms with E-state index in [4.69, 9.17) is 4.74 Å². The average molecular weight is 380 g/mol. The minimum Gasteiger partial charge on any atom is -0.379 e. The third kappa shape index (κ3) is 4.56. The number of morpholine rings is 1. The molecule has 6 heteroatoms. The zero-order chi connectivity index (χ0) is 19.2. The van der Waals surface area contributed by atoms with Crippen molar-refractivity contribution in [3.8, 4) is 11.4 Å². The van der Waals surface area contributed by atoms with E-state index in [1.165, 1.54) is 6.42 Å². The lowest BCUT2D eigenvalue weighted by Crippen LogP contribution is -2.46. The lowest BCUT2D eigenvalue weighted by molar-refractivity contribution is 0.0296. The van der Waals surface area contributed by atoms with E-state index in [1.807, 2.05) is 24.3 Å². The van der Waals surface area contributed by atoms with Crippen LogP contribution in [-0.2, 0) is 4.74 Å². The van der Waals surface area contributed by atoms with Gasteiger partial charge in [-0.15, -0.1) is 0 Å². The van der Waals surface area contributed by atoms with E-state index in [9.17, 15) is 4.79 Å². The van der Waals surface area contributed by atoms with Crippen LogP contribution in [0.1, 0.15) is 36.0 Å². The molecule has 0 spiro atoms. The standard InChI is InChI=1S/C22H28N4O2/c27-22(19-7-5-18(6-8-19)21-23-10-3-11-24-21)26-12-2-1-4-20(26)9-13-25-14-16-28-17-15-25/h3,5-8,10-11,20H,1-2,4,9,12-17H2/t20-/m0/s1. The van der Waals surface area contributed by atoms with Gasteiger partial charge >= 0.3 is 0 Å². The molecule has 0 radical (unpaired) electrons. The van der Waals surface area contributed by atoms with Crippen LogP contribution in [0, 0.1) is 0 Å². The van der Waals surface area contributed by atoms with Gasteiger partial charge in [-0.2, -0.15) is 0 Å². The molecule has 6 nitrogen and oxygen atoms in total. The van der Waals surface area contributed by atoms with Crippen molar-refractivity contribution in [1.29, 1.82) is 0 Å². The highest BCUT2D eigenvalue weighted by atomic mass is 16.5. The van der Waals surface area contributed by atoms with Crippen LogP contribution in [0.2, 0.25) is 0 Å². The van der Waals surface area contributed by atoms with Gasteiger partial charge in [-0.25, -0.2) is 9.97 Å². The zero-order valence-electron chi connectivity index (χ0n) is 16.3. The van der Waals surface area contributed by atoms with Gasteiger partial charge < -0.3 is 9.64 Å². The predicted octanol–water partition coefficient (Wildman–Crippen LogP) is 2.86. The van der Waals surface area contributed by atoms with E-state index in [0.29, 0.717) is 11.9 Å². The quantitative estimate of drug-likeness (QED) is 0.798. The molecule has 2 fully saturated rings. The Hall–Kier alpha value is -2.31. The summed E-state index contributed by atoms with van der Waals surface area (Å²) in [7, 11) is 0. The Kier molecular flexibility index (Phi) is 6.29. The monoisotopic (exact) mass is 380 g/mol. The Morgan fingerprint density at radius 3 is 2.54 bits per heavy atom. The molecule has 0 bridgehead atoms. The number of benzene rings is 1. The van der Waals surface area contributed by atoms with Crippen molar-refractivity contribution >= 4 is 5.91 Å². The van der Waals surface area contributed by atoms with Gasteiger partial charge in [-0.1, -0.05) is 12.1 Å². The van der Waals surface area contributed by atoms with Crippen LogP contribution in [0.5, 0.6) is 0 Å². The molecule has 0 unspecified atom stereocenters. The Labute approximate surface area is 166 Å². The van der Waals surface area contributed by atoms with E-state index < -0.39 is 0 Å². The summed E-state index contributed by atoms with van der Waals surface area (Å²) in [6.07, 6.45) is 7.91. The first-order chi connectivity index (χ1) is 13.8. The third-order valence-corrected chi connectivity index (χ3v) is 5.73. The highest BCUT2D eigenvalue weighted by molar-refractivity contribution is 5.94. The maximum Gasteiger partial charge on any atom is 0.254 e. The lowest BCUT2D eigenvalue weighted by atomic mass is 9.97. The minimum atomic E-state index is 0.146. The van der Waals surface area contributed by atoms with Gasteiger partial charge in [0.15, 0.2) is 5.82 Å². The molecule has 1 aromatic heterocycles. The van der Waals surface area contributed by atoms with Gasteiger partial charge in [-0.05, 0) is 43.9 Å². The van der Waals surface area contributed by atoms with Crippen molar-refractivity contribution in [2.75, 3.05) is 39.4 Å².